The SMILES string of the molecule is N#CC1(CC(=O)C2(NC(=O)c3cc4ccc(-c5ccc(C6(O)COC6)cc5)cc4o3)CCCCC2)CC1. The van der Waals surface area contributed by atoms with Crippen LogP contribution >= 0.6 is 0 Å². The zero-order valence-corrected chi connectivity index (χ0v) is 20.7. The molecule has 2 aliphatic carbocycles. The number of ketones is 1. The van der Waals surface area contributed by atoms with Gasteiger partial charge in [-0.3, -0.25) is 9.59 Å². The third-order valence-electron chi connectivity index (χ3n) is 8.36. The molecule has 2 N–H and O–H groups in total. The monoisotopic (exact) mass is 498 g/mol. The van der Waals surface area contributed by atoms with Gasteiger partial charge in [0, 0.05) is 11.8 Å². The Balaban J connectivity index is 1.22. The second-order valence-electron chi connectivity index (χ2n) is 11.1. The summed E-state index contributed by atoms with van der Waals surface area (Å²) < 4.78 is 11.1. The molecule has 2 heterocycles. The molecule has 37 heavy (non-hydrogen) atoms. The molecule has 2 saturated carbocycles. The summed E-state index contributed by atoms with van der Waals surface area (Å²) in [5, 5.41) is 23.8. The second kappa shape index (κ2) is 8.83. The maximum atomic E-state index is 13.4. The maximum absolute atomic E-state index is 13.4. The molecule has 1 amide bonds. The van der Waals surface area contributed by atoms with E-state index in [1.54, 1.807) is 6.07 Å². The van der Waals surface area contributed by atoms with Crippen molar-refractivity contribution in [2.24, 2.45) is 5.41 Å². The fourth-order valence-corrected chi connectivity index (χ4v) is 5.62. The van der Waals surface area contributed by atoms with Crippen molar-refractivity contribution < 1.29 is 23.8 Å². The summed E-state index contributed by atoms with van der Waals surface area (Å²) in [6.07, 6.45) is 5.69. The number of rotatable bonds is 7. The number of fused-ring (bicyclic) bond motifs is 1. The molecule has 3 aromatic rings. The number of nitrogens with one attached hydrogen (secondary N) is 1. The van der Waals surface area contributed by atoms with E-state index in [0.717, 1.165) is 54.2 Å². The molecular formula is C30H30N2O5. The highest BCUT2D eigenvalue weighted by Gasteiger charge is 2.50. The van der Waals surface area contributed by atoms with E-state index in [1.807, 2.05) is 42.5 Å². The highest BCUT2D eigenvalue weighted by molar-refractivity contribution is 6.01. The normalized spacial score (nSPS) is 21.0. The van der Waals surface area contributed by atoms with Gasteiger partial charge in [-0.2, -0.15) is 5.26 Å². The minimum Gasteiger partial charge on any atom is -0.451 e. The predicted octanol–water partition coefficient (Wildman–Crippen LogP) is 5.01. The van der Waals surface area contributed by atoms with Gasteiger partial charge in [-0.25, -0.2) is 0 Å². The lowest BCUT2D eigenvalue weighted by atomic mass is 9.75. The Bertz CT molecular complexity index is 1400. The van der Waals surface area contributed by atoms with Gasteiger partial charge in [-0.05, 0) is 54.5 Å². The van der Waals surface area contributed by atoms with Gasteiger partial charge in [0.15, 0.2) is 11.5 Å². The van der Waals surface area contributed by atoms with Crippen molar-refractivity contribution in [3.63, 3.8) is 0 Å². The second-order valence-corrected chi connectivity index (χ2v) is 11.1. The number of aliphatic hydroxyl groups is 1. The number of furan rings is 1. The molecule has 0 spiro atoms. The standard InChI is InChI=1S/C30H30N2O5/c31-17-28(12-13-28)16-26(33)29(10-2-1-3-11-29)32-27(34)25-15-22-5-4-21(14-24(22)37-25)20-6-8-23(9-7-20)30(35)18-36-19-30/h4-9,14-15,35H,1-3,10-13,16,18-19H2,(H,32,34). The first-order valence-corrected chi connectivity index (χ1v) is 13.1. The fraction of sp³-hybridized carbons (Fsp3) is 0.433. The lowest BCUT2D eigenvalue weighted by Gasteiger charge is -2.37. The smallest absolute Gasteiger partial charge is 0.287 e. The Labute approximate surface area is 215 Å². The molecule has 1 saturated heterocycles. The van der Waals surface area contributed by atoms with Gasteiger partial charge in [0.05, 0.1) is 30.2 Å². The molecule has 7 heteroatoms. The lowest BCUT2D eigenvalue weighted by Crippen LogP contribution is -2.56. The number of hydrogen-bond donors (Lipinski definition) is 2. The Morgan fingerprint density at radius 2 is 1.65 bits per heavy atom. The molecule has 190 valence electrons. The molecule has 0 radical (unpaired) electrons. The average Bonchev–Trinajstić information content (AvgIpc) is 3.54. The summed E-state index contributed by atoms with van der Waals surface area (Å²) in [5.74, 6) is -0.247. The van der Waals surface area contributed by atoms with Crippen LogP contribution in [0.3, 0.4) is 0 Å². The quantitative estimate of drug-likeness (QED) is 0.473. The zero-order chi connectivity index (χ0) is 25.7. The molecule has 7 nitrogen and oxygen atoms in total. The highest BCUT2D eigenvalue weighted by Crippen LogP contribution is 2.49. The van der Waals surface area contributed by atoms with E-state index in [4.69, 9.17) is 9.15 Å². The molecule has 3 fully saturated rings. The summed E-state index contributed by atoms with van der Waals surface area (Å²) in [6.45, 7) is 0.614. The van der Waals surface area contributed by atoms with Gasteiger partial charge in [0.2, 0.25) is 0 Å². The summed E-state index contributed by atoms with van der Waals surface area (Å²) >= 11 is 0. The average molecular weight is 499 g/mol. The van der Waals surface area contributed by atoms with Crippen molar-refractivity contribution in [1.29, 1.82) is 5.26 Å². The van der Waals surface area contributed by atoms with Crippen molar-refractivity contribution in [1.82, 2.24) is 5.32 Å². The molecule has 1 aliphatic heterocycles. The van der Waals surface area contributed by atoms with E-state index in [1.165, 1.54) is 0 Å². The summed E-state index contributed by atoms with van der Waals surface area (Å²) in [4.78, 5) is 26.7. The third-order valence-corrected chi connectivity index (χ3v) is 8.36. The predicted molar refractivity (Wildman–Crippen MR) is 137 cm³/mol. The topological polar surface area (TPSA) is 113 Å². The Morgan fingerprint density at radius 3 is 2.27 bits per heavy atom. The fourth-order valence-electron chi connectivity index (χ4n) is 5.62. The summed E-state index contributed by atoms with van der Waals surface area (Å²) in [7, 11) is 0. The summed E-state index contributed by atoms with van der Waals surface area (Å²) in [5.41, 5.74) is 0.943. The van der Waals surface area contributed by atoms with Gasteiger partial charge in [0.25, 0.3) is 5.91 Å². The first-order valence-electron chi connectivity index (χ1n) is 13.1. The Morgan fingerprint density at radius 1 is 0.946 bits per heavy atom. The summed E-state index contributed by atoms with van der Waals surface area (Å²) in [6, 6.07) is 17.5. The van der Waals surface area contributed by atoms with Crippen molar-refractivity contribution in [3.8, 4) is 17.2 Å². The highest BCUT2D eigenvalue weighted by atomic mass is 16.5. The van der Waals surface area contributed by atoms with Crippen molar-refractivity contribution in [2.45, 2.75) is 62.5 Å². The molecule has 0 atom stereocenters. The van der Waals surface area contributed by atoms with Crippen molar-refractivity contribution in [3.05, 3.63) is 59.9 Å². The third kappa shape index (κ3) is 4.35. The number of carbonyl (C=O) groups is 2. The lowest BCUT2D eigenvalue weighted by molar-refractivity contribution is -0.184. The molecule has 6 rings (SSSR count). The molecular weight excluding hydrogens is 468 g/mol. The van der Waals surface area contributed by atoms with Gasteiger partial charge in [-0.15, -0.1) is 0 Å². The number of nitrogens with zero attached hydrogens (tertiary/aromatic N) is 1. The van der Waals surface area contributed by atoms with E-state index in [9.17, 15) is 20.0 Å². The number of amides is 1. The van der Waals surface area contributed by atoms with Crippen LogP contribution in [0.2, 0.25) is 0 Å². The van der Waals surface area contributed by atoms with Crippen LogP contribution in [0, 0.1) is 16.7 Å². The van der Waals surface area contributed by atoms with E-state index in [2.05, 4.69) is 11.4 Å². The minimum absolute atomic E-state index is 0.0282. The maximum Gasteiger partial charge on any atom is 0.287 e. The van der Waals surface area contributed by atoms with E-state index in [-0.39, 0.29) is 18.0 Å². The molecule has 0 bridgehead atoms. The van der Waals surface area contributed by atoms with Gasteiger partial charge in [-0.1, -0.05) is 55.7 Å². The first-order chi connectivity index (χ1) is 17.8. The van der Waals surface area contributed by atoms with Crippen LogP contribution in [0.1, 0.15) is 67.5 Å². The molecule has 3 aliphatic rings. The number of ether oxygens (including phenoxy) is 1. The molecule has 0 unspecified atom stereocenters. The molecule has 2 aromatic carbocycles. The van der Waals surface area contributed by atoms with Crippen LogP contribution in [-0.4, -0.2) is 35.5 Å². The Kier molecular flexibility index (Phi) is 5.70. The Hall–Kier alpha value is -3.47. The van der Waals surface area contributed by atoms with E-state index >= 15 is 0 Å². The van der Waals surface area contributed by atoms with Crippen molar-refractivity contribution >= 4 is 22.7 Å². The van der Waals surface area contributed by atoms with Gasteiger partial charge < -0.3 is 19.6 Å². The minimum atomic E-state index is -0.927. The number of Topliss-reactive ketones (excluding diaryl/α,β-unsaturated/α-hetero) is 1. The number of hydrogen-bond acceptors (Lipinski definition) is 6. The van der Waals surface area contributed by atoms with Gasteiger partial charge >= 0.3 is 0 Å². The van der Waals surface area contributed by atoms with E-state index in [0.29, 0.717) is 31.6 Å². The van der Waals surface area contributed by atoms with Crippen LogP contribution < -0.4 is 5.32 Å². The van der Waals surface area contributed by atoms with Crippen molar-refractivity contribution in [2.75, 3.05) is 13.2 Å². The van der Waals surface area contributed by atoms with Crippen LogP contribution in [0.4, 0.5) is 0 Å². The van der Waals surface area contributed by atoms with E-state index < -0.39 is 22.5 Å². The zero-order valence-electron chi connectivity index (χ0n) is 20.7. The van der Waals surface area contributed by atoms with Crippen LogP contribution in [0.25, 0.3) is 22.1 Å². The van der Waals surface area contributed by atoms with Crippen LogP contribution in [-0.2, 0) is 15.1 Å². The molecule has 1 aromatic heterocycles. The largest absolute Gasteiger partial charge is 0.451 e. The van der Waals surface area contributed by atoms with Gasteiger partial charge in [0.1, 0.15) is 11.2 Å². The number of carbonyl (C=O) groups excluding carboxylic acids is 2. The number of nitriles is 1. The van der Waals surface area contributed by atoms with Crippen LogP contribution in [0.5, 0.6) is 0 Å². The number of benzene rings is 2. The van der Waals surface area contributed by atoms with Crippen LogP contribution in [0.15, 0.2) is 52.9 Å². The first kappa shape index (κ1) is 23.9.